The van der Waals surface area contributed by atoms with Crippen LogP contribution < -0.4 is 5.32 Å². The van der Waals surface area contributed by atoms with Crippen LogP contribution in [0.2, 0.25) is 0 Å². The number of rotatable bonds is 3. The van der Waals surface area contributed by atoms with Crippen molar-refractivity contribution >= 4 is 5.91 Å². The van der Waals surface area contributed by atoms with E-state index in [0.717, 1.165) is 26.2 Å². The number of nitrogens with zero attached hydrogens (tertiary/aromatic N) is 3. The van der Waals surface area contributed by atoms with Gasteiger partial charge in [-0.25, -0.2) is 0 Å². The molecule has 1 aliphatic heterocycles. The second-order valence-corrected chi connectivity index (χ2v) is 4.70. The summed E-state index contributed by atoms with van der Waals surface area (Å²) in [6.45, 7) is 3.57. The number of pyridine rings is 1. The van der Waals surface area contributed by atoms with Crippen LogP contribution in [-0.2, 0) is 11.3 Å². The number of amides is 1. The third kappa shape index (κ3) is 3.05. The molecule has 1 aromatic rings. The van der Waals surface area contributed by atoms with E-state index in [0.29, 0.717) is 0 Å². The van der Waals surface area contributed by atoms with Gasteiger partial charge in [-0.15, -0.1) is 0 Å². The molecule has 0 aliphatic carbocycles. The van der Waals surface area contributed by atoms with Crippen molar-refractivity contribution < 1.29 is 4.79 Å². The van der Waals surface area contributed by atoms with Gasteiger partial charge in [0.25, 0.3) is 0 Å². The van der Waals surface area contributed by atoms with Crippen LogP contribution in [0, 0.1) is 0 Å². The van der Waals surface area contributed by atoms with E-state index in [4.69, 9.17) is 0 Å². The van der Waals surface area contributed by atoms with Gasteiger partial charge in [-0.1, -0.05) is 0 Å². The minimum absolute atomic E-state index is 0.0504. The first-order chi connectivity index (χ1) is 8.70. The van der Waals surface area contributed by atoms with Crippen LogP contribution >= 0.6 is 0 Å². The number of carbonyl (C=O) groups excluding carboxylic acids is 1. The van der Waals surface area contributed by atoms with Gasteiger partial charge in [0.2, 0.25) is 5.91 Å². The Labute approximate surface area is 108 Å². The van der Waals surface area contributed by atoms with Crippen molar-refractivity contribution in [1.29, 1.82) is 0 Å². The quantitative estimate of drug-likeness (QED) is 0.814. The summed E-state index contributed by atoms with van der Waals surface area (Å²) >= 11 is 0. The molecule has 98 valence electrons. The molecule has 18 heavy (non-hydrogen) atoms. The molecule has 5 heteroatoms. The zero-order chi connectivity index (χ0) is 13.0. The summed E-state index contributed by atoms with van der Waals surface area (Å²) in [4.78, 5) is 20.2. The maximum atomic E-state index is 11.8. The summed E-state index contributed by atoms with van der Waals surface area (Å²) in [5.41, 5.74) is 1.24. The second-order valence-electron chi connectivity index (χ2n) is 4.70. The Morgan fingerprint density at radius 2 is 2.17 bits per heavy atom. The van der Waals surface area contributed by atoms with Crippen molar-refractivity contribution in [3.05, 3.63) is 30.1 Å². The van der Waals surface area contributed by atoms with E-state index in [9.17, 15) is 4.79 Å². The topological polar surface area (TPSA) is 48.5 Å². The fourth-order valence-corrected chi connectivity index (χ4v) is 2.27. The molecule has 1 N–H and O–H groups in total. The van der Waals surface area contributed by atoms with Crippen molar-refractivity contribution in [3.8, 4) is 0 Å². The predicted octanol–water partition coefficient (Wildman–Crippen LogP) is -0.0564. The first-order valence-corrected chi connectivity index (χ1v) is 6.24. The molecule has 2 rings (SSSR count). The molecule has 1 saturated heterocycles. The lowest BCUT2D eigenvalue weighted by Gasteiger charge is -2.38. The van der Waals surface area contributed by atoms with Crippen LogP contribution in [0.25, 0.3) is 0 Å². The molecule has 2 heterocycles. The Hall–Kier alpha value is -1.46. The molecule has 0 radical (unpaired) electrons. The van der Waals surface area contributed by atoms with Gasteiger partial charge in [-0.05, 0) is 24.7 Å². The van der Waals surface area contributed by atoms with E-state index < -0.39 is 0 Å². The Balaban J connectivity index is 1.97. The molecule has 0 unspecified atom stereocenters. The summed E-state index contributed by atoms with van der Waals surface area (Å²) in [5, 5.41) is 2.73. The van der Waals surface area contributed by atoms with Crippen LogP contribution in [0.3, 0.4) is 0 Å². The number of hydrogen-bond acceptors (Lipinski definition) is 4. The average molecular weight is 248 g/mol. The van der Waals surface area contributed by atoms with E-state index in [1.54, 1.807) is 7.05 Å². The largest absolute Gasteiger partial charge is 0.358 e. The van der Waals surface area contributed by atoms with E-state index in [1.807, 2.05) is 31.6 Å². The molecule has 1 aliphatic rings. The van der Waals surface area contributed by atoms with Gasteiger partial charge in [0, 0.05) is 45.6 Å². The van der Waals surface area contributed by atoms with Gasteiger partial charge in [-0.3, -0.25) is 19.6 Å². The fourth-order valence-electron chi connectivity index (χ4n) is 2.27. The molecule has 1 aromatic heterocycles. The highest BCUT2D eigenvalue weighted by molar-refractivity contribution is 5.81. The van der Waals surface area contributed by atoms with Crippen molar-refractivity contribution in [1.82, 2.24) is 20.1 Å². The molecular formula is C13H20N4O. The van der Waals surface area contributed by atoms with E-state index in [-0.39, 0.29) is 11.9 Å². The highest BCUT2D eigenvalue weighted by Crippen LogP contribution is 2.11. The summed E-state index contributed by atoms with van der Waals surface area (Å²) in [6.07, 6.45) is 3.61. The Morgan fingerprint density at radius 1 is 1.44 bits per heavy atom. The molecule has 5 nitrogen and oxygen atoms in total. The zero-order valence-electron chi connectivity index (χ0n) is 11.0. The van der Waals surface area contributed by atoms with E-state index >= 15 is 0 Å². The molecule has 0 saturated carbocycles. The molecular weight excluding hydrogens is 228 g/mol. The lowest BCUT2D eigenvalue weighted by molar-refractivity contribution is -0.127. The number of aromatic nitrogens is 1. The van der Waals surface area contributed by atoms with Crippen molar-refractivity contribution in [2.45, 2.75) is 12.6 Å². The van der Waals surface area contributed by atoms with Crippen molar-refractivity contribution in [3.63, 3.8) is 0 Å². The highest BCUT2D eigenvalue weighted by atomic mass is 16.2. The minimum Gasteiger partial charge on any atom is -0.358 e. The van der Waals surface area contributed by atoms with Gasteiger partial charge < -0.3 is 5.32 Å². The zero-order valence-corrected chi connectivity index (χ0v) is 11.0. The Morgan fingerprint density at radius 3 is 2.83 bits per heavy atom. The smallest absolute Gasteiger partial charge is 0.238 e. The van der Waals surface area contributed by atoms with Crippen molar-refractivity contribution in [2.24, 2.45) is 0 Å². The maximum absolute atomic E-state index is 11.8. The summed E-state index contributed by atoms with van der Waals surface area (Å²) in [7, 11) is 3.70. The normalized spacial score (nSPS) is 21.8. The fraction of sp³-hybridized carbons (Fsp3) is 0.538. The molecule has 1 atom stereocenters. The first-order valence-electron chi connectivity index (χ1n) is 6.24. The predicted molar refractivity (Wildman–Crippen MR) is 70.0 cm³/mol. The number of piperazine rings is 1. The van der Waals surface area contributed by atoms with Gasteiger partial charge >= 0.3 is 0 Å². The molecule has 0 aromatic carbocycles. The third-order valence-corrected chi connectivity index (χ3v) is 3.44. The Bertz CT molecular complexity index is 395. The number of nitrogens with one attached hydrogen (secondary N) is 1. The van der Waals surface area contributed by atoms with Crippen LogP contribution in [0.4, 0.5) is 0 Å². The highest BCUT2D eigenvalue weighted by Gasteiger charge is 2.29. The molecule has 0 spiro atoms. The van der Waals surface area contributed by atoms with Gasteiger partial charge in [0.05, 0.1) is 0 Å². The molecule has 1 fully saturated rings. The van der Waals surface area contributed by atoms with Crippen LogP contribution in [0.15, 0.2) is 24.5 Å². The van der Waals surface area contributed by atoms with Gasteiger partial charge in [0.1, 0.15) is 6.04 Å². The monoisotopic (exact) mass is 248 g/mol. The maximum Gasteiger partial charge on any atom is 0.238 e. The Kier molecular flexibility index (Phi) is 4.28. The van der Waals surface area contributed by atoms with Crippen molar-refractivity contribution in [2.75, 3.05) is 33.7 Å². The van der Waals surface area contributed by atoms with Gasteiger partial charge in [0.15, 0.2) is 0 Å². The standard InChI is InChI=1S/C13H20N4O/c1-14-13(18)12-10-17(8-7-16(12)2)9-11-3-5-15-6-4-11/h3-6,12H,7-10H2,1-2H3,(H,14,18)/t12-/m0/s1. The molecule has 0 bridgehead atoms. The summed E-state index contributed by atoms with van der Waals surface area (Å²) in [5.74, 6) is 0.0944. The number of carbonyl (C=O) groups is 1. The average Bonchev–Trinajstić information content (AvgIpc) is 2.41. The van der Waals surface area contributed by atoms with Crippen LogP contribution in [-0.4, -0.2) is 60.5 Å². The molecule has 1 amide bonds. The van der Waals surface area contributed by atoms with Crippen LogP contribution in [0.1, 0.15) is 5.56 Å². The lowest BCUT2D eigenvalue weighted by Crippen LogP contribution is -2.56. The number of likely N-dealkylation sites (N-methyl/N-ethyl adjacent to an activating group) is 2. The van der Waals surface area contributed by atoms with E-state index in [1.165, 1.54) is 5.56 Å². The van der Waals surface area contributed by atoms with Crippen LogP contribution in [0.5, 0.6) is 0 Å². The number of hydrogen-bond donors (Lipinski definition) is 1. The third-order valence-electron chi connectivity index (χ3n) is 3.44. The second kappa shape index (κ2) is 5.93. The summed E-state index contributed by atoms with van der Waals surface area (Å²) in [6, 6.07) is 3.99. The SMILES string of the molecule is CNC(=O)[C@@H]1CN(Cc2ccncc2)CCN1C. The lowest BCUT2D eigenvalue weighted by atomic mass is 10.1. The summed E-state index contributed by atoms with van der Waals surface area (Å²) < 4.78 is 0. The van der Waals surface area contributed by atoms with Gasteiger partial charge in [-0.2, -0.15) is 0 Å². The minimum atomic E-state index is -0.0504. The first kappa shape index (κ1) is 13.0. The van der Waals surface area contributed by atoms with E-state index in [2.05, 4.69) is 20.1 Å².